The molecule has 1 atom stereocenters. The first-order valence-electron chi connectivity index (χ1n) is 7.37. The van der Waals surface area contributed by atoms with Crippen molar-refractivity contribution in [3.63, 3.8) is 0 Å². The minimum Gasteiger partial charge on any atom is -0.350 e. The maximum Gasteiger partial charge on any atom is 0.329 e. The molecule has 0 bridgehead atoms. The Kier molecular flexibility index (Phi) is 4.26. The quantitative estimate of drug-likeness (QED) is 0.852. The molecule has 1 N–H and O–H groups in total. The van der Waals surface area contributed by atoms with Crippen LogP contribution in [0.3, 0.4) is 0 Å². The molecule has 0 unspecified atom stereocenters. The van der Waals surface area contributed by atoms with Crippen LogP contribution in [0.25, 0.3) is 11.0 Å². The number of imidazole rings is 1. The first kappa shape index (κ1) is 14.8. The Morgan fingerprint density at radius 1 is 1.36 bits per heavy atom. The number of hydrogen-bond acceptors (Lipinski definition) is 4. The second kappa shape index (κ2) is 6.33. The van der Waals surface area contributed by atoms with Gasteiger partial charge in [-0.15, -0.1) is 0 Å². The topological polar surface area (TPSA) is 74.5 Å². The van der Waals surface area contributed by atoms with Crippen LogP contribution in [0.5, 0.6) is 0 Å². The predicted octanol–water partition coefficient (Wildman–Crippen LogP) is 0.914. The monoisotopic (exact) mass is 305 g/mol. The lowest BCUT2D eigenvalue weighted by Crippen LogP contribution is -2.36. The van der Waals surface area contributed by atoms with Crippen LogP contribution < -0.4 is 11.2 Å². The summed E-state index contributed by atoms with van der Waals surface area (Å²) in [6.07, 6.45) is 2.39. The zero-order chi connectivity index (χ0) is 15.5. The third kappa shape index (κ3) is 2.90. The van der Waals surface area contributed by atoms with Gasteiger partial charge in [-0.1, -0.05) is 12.1 Å². The van der Waals surface area contributed by atoms with Gasteiger partial charge in [0.05, 0.1) is 11.0 Å². The largest absolute Gasteiger partial charge is 0.350 e. The van der Waals surface area contributed by atoms with E-state index in [1.807, 2.05) is 24.3 Å². The van der Waals surface area contributed by atoms with Gasteiger partial charge in [-0.3, -0.25) is 13.9 Å². The number of hydrogen-bond donors (Lipinski definition) is 1. The molecule has 1 amide bonds. The summed E-state index contributed by atoms with van der Waals surface area (Å²) in [7, 11) is 1.69. The number of carbonyl (C=O) groups excluding carboxylic acids is 1. The minimum absolute atomic E-state index is 0.0904. The number of para-hydroxylation sites is 2. The van der Waals surface area contributed by atoms with E-state index < -0.39 is 6.29 Å². The van der Waals surface area contributed by atoms with Crippen molar-refractivity contribution in [2.45, 2.75) is 32.1 Å². The summed E-state index contributed by atoms with van der Waals surface area (Å²) < 4.78 is 8.31. The highest BCUT2D eigenvalue weighted by atomic mass is 16.8. The van der Waals surface area contributed by atoms with E-state index in [0.717, 1.165) is 30.3 Å². The summed E-state index contributed by atoms with van der Waals surface area (Å²) in [5.74, 6) is -0.382. The second-order valence-corrected chi connectivity index (χ2v) is 5.36. The van der Waals surface area contributed by atoms with Gasteiger partial charge in [0.2, 0.25) is 0 Å². The molecule has 2 aromatic rings. The van der Waals surface area contributed by atoms with Crippen molar-refractivity contribution in [2.75, 3.05) is 6.61 Å². The number of benzene rings is 1. The number of aryl methyl sites for hydroxylation is 1. The summed E-state index contributed by atoms with van der Waals surface area (Å²) in [6, 6.07) is 7.35. The number of hydroxylamine groups is 1. The Balaban J connectivity index is 1.69. The van der Waals surface area contributed by atoms with Gasteiger partial charge in [0.1, 0.15) is 6.54 Å². The number of nitrogens with one attached hydrogen (secondary N) is 1. The van der Waals surface area contributed by atoms with Crippen LogP contribution in [0.15, 0.2) is 29.1 Å². The maximum atomic E-state index is 12.2. The zero-order valence-corrected chi connectivity index (χ0v) is 12.4. The summed E-state index contributed by atoms with van der Waals surface area (Å²) in [5, 5.41) is 0. The molecule has 1 saturated heterocycles. The Labute approximate surface area is 127 Å². The van der Waals surface area contributed by atoms with Crippen LogP contribution >= 0.6 is 0 Å². The van der Waals surface area contributed by atoms with Crippen LogP contribution in [0.2, 0.25) is 0 Å². The first-order chi connectivity index (χ1) is 10.7. The highest BCUT2D eigenvalue weighted by molar-refractivity contribution is 5.80. The SMILES string of the molecule is Cn1c(=O)n(CC(=O)NO[C@@H]2CCCCO2)c2ccccc21. The van der Waals surface area contributed by atoms with E-state index in [9.17, 15) is 9.59 Å². The molecule has 1 aromatic carbocycles. The van der Waals surface area contributed by atoms with E-state index in [1.165, 1.54) is 9.13 Å². The lowest BCUT2D eigenvalue weighted by atomic mass is 10.2. The normalized spacial score (nSPS) is 18.5. The summed E-state index contributed by atoms with van der Waals surface area (Å²) in [5.41, 5.74) is 3.65. The number of fused-ring (bicyclic) bond motifs is 1. The van der Waals surface area contributed by atoms with E-state index in [1.54, 1.807) is 7.05 Å². The highest BCUT2D eigenvalue weighted by Gasteiger charge is 2.17. The molecule has 118 valence electrons. The van der Waals surface area contributed by atoms with E-state index in [4.69, 9.17) is 9.57 Å². The van der Waals surface area contributed by atoms with Crippen molar-refractivity contribution in [3.05, 3.63) is 34.7 Å². The molecular formula is C15H19N3O4. The molecule has 7 heteroatoms. The maximum absolute atomic E-state index is 12.2. The van der Waals surface area contributed by atoms with Gasteiger partial charge in [0, 0.05) is 20.1 Å². The van der Waals surface area contributed by atoms with Crippen LogP contribution in [0.1, 0.15) is 19.3 Å². The van der Waals surface area contributed by atoms with Gasteiger partial charge in [-0.05, 0) is 25.0 Å². The summed E-state index contributed by atoms with van der Waals surface area (Å²) in [6.45, 7) is 0.552. The van der Waals surface area contributed by atoms with E-state index >= 15 is 0 Å². The molecule has 22 heavy (non-hydrogen) atoms. The van der Waals surface area contributed by atoms with Gasteiger partial charge in [-0.2, -0.15) is 0 Å². The molecule has 0 radical (unpaired) electrons. The van der Waals surface area contributed by atoms with Crippen LogP contribution in [-0.2, 0) is 28.0 Å². The lowest BCUT2D eigenvalue weighted by molar-refractivity contribution is -0.200. The summed E-state index contributed by atoms with van der Waals surface area (Å²) in [4.78, 5) is 29.4. The predicted molar refractivity (Wildman–Crippen MR) is 80.0 cm³/mol. The van der Waals surface area contributed by atoms with Crippen molar-refractivity contribution in [1.82, 2.24) is 14.6 Å². The number of rotatable bonds is 4. The Bertz CT molecular complexity index is 728. The third-order valence-corrected chi connectivity index (χ3v) is 3.80. The smallest absolute Gasteiger partial charge is 0.329 e. The van der Waals surface area contributed by atoms with Crippen molar-refractivity contribution < 1.29 is 14.4 Å². The Morgan fingerprint density at radius 3 is 2.86 bits per heavy atom. The first-order valence-corrected chi connectivity index (χ1v) is 7.37. The third-order valence-electron chi connectivity index (χ3n) is 3.80. The molecular weight excluding hydrogens is 286 g/mol. The van der Waals surface area contributed by atoms with Crippen molar-refractivity contribution in [1.29, 1.82) is 0 Å². The minimum atomic E-state index is -0.401. The molecule has 0 saturated carbocycles. The fourth-order valence-corrected chi connectivity index (χ4v) is 2.63. The molecule has 1 aliphatic heterocycles. The molecule has 1 fully saturated rings. The number of nitrogens with zero attached hydrogens (tertiary/aromatic N) is 2. The molecule has 0 aliphatic carbocycles. The average Bonchev–Trinajstić information content (AvgIpc) is 2.79. The van der Waals surface area contributed by atoms with Gasteiger partial charge in [-0.25, -0.2) is 15.1 Å². The van der Waals surface area contributed by atoms with Gasteiger partial charge < -0.3 is 4.74 Å². The van der Waals surface area contributed by atoms with E-state index in [-0.39, 0.29) is 18.1 Å². The Hall–Kier alpha value is -2.12. The van der Waals surface area contributed by atoms with Crippen molar-refractivity contribution in [3.8, 4) is 0 Å². The van der Waals surface area contributed by atoms with Crippen LogP contribution in [-0.4, -0.2) is 27.9 Å². The Morgan fingerprint density at radius 2 is 2.14 bits per heavy atom. The second-order valence-electron chi connectivity index (χ2n) is 5.36. The van der Waals surface area contributed by atoms with Gasteiger partial charge in [0.15, 0.2) is 6.29 Å². The van der Waals surface area contributed by atoms with Crippen LogP contribution in [0.4, 0.5) is 0 Å². The highest BCUT2D eigenvalue weighted by Crippen LogP contribution is 2.13. The van der Waals surface area contributed by atoms with Gasteiger partial charge in [0.25, 0.3) is 5.91 Å². The molecule has 7 nitrogen and oxygen atoms in total. The zero-order valence-electron chi connectivity index (χ0n) is 12.4. The van der Waals surface area contributed by atoms with Crippen molar-refractivity contribution in [2.24, 2.45) is 7.05 Å². The number of amides is 1. The van der Waals surface area contributed by atoms with Gasteiger partial charge >= 0.3 is 5.69 Å². The fraction of sp³-hybridized carbons (Fsp3) is 0.467. The molecule has 2 heterocycles. The van der Waals surface area contributed by atoms with Crippen LogP contribution in [0, 0.1) is 0 Å². The number of ether oxygens (including phenoxy) is 1. The van der Waals surface area contributed by atoms with E-state index in [2.05, 4.69) is 5.48 Å². The average molecular weight is 305 g/mol. The number of aromatic nitrogens is 2. The number of carbonyl (C=O) groups is 1. The molecule has 3 rings (SSSR count). The van der Waals surface area contributed by atoms with E-state index in [0.29, 0.717) is 6.61 Å². The summed E-state index contributed by atoms with van der Waals surface area (Å²) >= 11 is 0. The molecule has 1 aliphatic rings. The molecule has 0 spiro atoms. The lowest BCUT2D eigenvalue weighted by Gasteiger charge is -2.22. The standard InChI is InChI=1S/C15H19N3O4/c1-17-11-6-2-3-7-12(11)18(15(17)20)10-13(19)16-22-14-8-4-5-9-21-14/h2-3,6-7,14H,4-5,8-10H2,1H3,(H,16,19)/t14-/m1/s1. The van der Waals surface area contributed by atoms with Crippen molar-refractivity contribution >= 4 is 16.9 Å². The molecule has 1 aromatic heterocycles. The fourth-order valence-electron chi connectivity index (χ4n) is 2.63.